The lowest BCUT2D eigenvalue weighted by atomic mass is 10.0. The van der Waals surface area contributed by atoms with Crippen LogP contribution in [0, 0.1) is 5.92 Å². The fourth-order valence-electron chi connectivity index (χ4n) is 5.38. The maximum atomic E-state index is 13.1. The Balaban J connectivity index is 1.22. The third-order valence-corrected chi connectivity index (χ3v) is 7.38. The fraction of sp³-hybridized carbons (Fsp3) is 0.760. The molecule has 1 N–H and O–H groups in total. The van der Waals surface area contributed by atoms with Gasteiger partial charge in [-0.2, -0.15) is 5.10 Å². The summed E-state index contributed by atoms with van der Waals surface area (Å²) in [6.45, 7) is 9.37. The van der Waals surface area contributed by atoms with Crippen molar-refractivity contribution >= 4 is 17.7 Å². The first kappa shape index (κ1) is 25.6. The molecule has 0 bridgehead atoms. The number of likely N-dealkylation sites (tertiary alicyclic amines) is 1. The fourth-order valence-corrected chi connectivity index (χ4v) is 5.38. The highest BCUT2D eigenvalue weighted by Crippen LogP contribution is 2.24. The number of fused-ring (bicyclic) bond motifs is 1. The van der Waals surface area contributed by atoms with E-state index in [1.165, 1.54) is 12.8 Å². The molecule has 4 rings (SSSR count). The van der Waals surface area contributed by atoms with Gasteiger partial charge in [0.15, 0.2) is 5.69 Å². The van der Waals surface area contributed by atoms with Crippen LogP contribution >= 0.6 is 0 Å². The molecular formula is C25H40N6O4. The van der Waals surface area contributed by atoms with E-state index in [0.717, 1.165) is 43.2 Å². The molecule has 0 radical (unpaired) electrons. The summed E-state index contributed by atoms with van der Waals surface area (Å²) < 4.78 is 7.12. The molecule has 2 saturated heterocycles. The molecule has 0 saturated carbocycles. The van der Waals surface area contributed by atoms with Crippen LogP contribution in [0.5, 0.6) is 0 Å². The molecule has 1 aromatic heterocycles. The van der Waals surface area contributed by atoms with Gasteiger partial charge in [0, 0.05) is 76.8 Å². The van der Waals surface area contributed by atoms with Crippen LogP contribution in [0.1, 0.15) is 60.8 Å². The smallest absolute Gasteiger partial charge is 0.274 e. The molecule has 4 heterocycles. The Hall–Kier alpha value is -2.46. The minimum Gasteiger partial charge on any atom is -0.378 e. The molecule has 3 amide bonds. The van der Waals surface area contributed by atoms with Gasteiger partial charge in [-0.15, -0.1) is 0 Å². The second kappa shape index (κ2) is 12.0. The lowest BCUT2D eigenvalue weighted by Gasteiger charge is -2.30. The maximum absolute atomic E-state index is 13.1. The third-order valence-electron chi connectivity index (χ3n) is 7.38. The first-order chi connectivity index (χ1) is 16.9. The Morgan fingerprint density at radius 3 is 2.66 bits per heavy atom. The van der Waals surface area contributed by atoms with E-state index in [4.69, 9.17) is 4.74 Å². The number of rotatable bonds is 8. The van der Waals surface area contributed by atoms with Crippen LogP contribution in [-0.2, 0) is 34.3 Å². The number of ether oxygens (including phenoxy) is 1. The van der Waals surface area contributed by atoms with Crippen LogP contribution < -0.4 is 5.32 Å². The Morgan fingerprint density at radius 2 is 1.89 bits per heavy atom. The van der Waals surface area contributed by atoms with E-state index in [1.807, 2.05) is 7.05 Å². The summed E-state index contributed by atoms with van der Waals surface area (Å²) >= 11 is 0. The van der Waals surface area contributed by atoms with Crippen LogP contribution in [0.2, 0.25) is 0 Å². The Kier molecular flexibility index (Phi) is 8.78. The summed E-state index contributed by atoms with van der Waals surface area (Å²) in [7, 11) is 1.85. The van der Waals surface area contributed by atoms with Gasteiger partial charge in [-0.05, 0) is 38.3 Å². The number of carbonyl (C=O) groups is 3. The van der Waals surface area contributed by atoms with Crippen LogP contribution in [0.3, 0.4) is 0 Å². The average Bonchev–Trinajstić information content (AvgIpc) is 3.21. The molecule has 0 spiro atoms. The normalized spacial score (nSPS) is 21.0. The summed E-state index contributed by atoms with van der Waals surface area (Å²) in [5.74, 6) is 0.530. The van der Waals surface area contributed by atoms with Gasteiger partial charge in [0.1, 0.15) is 0 Å². The highest BCUT2D eigenvalue weighted by molar-refractivity contribution is 5.94. The predicted octanol–water partition coefficient (Wildman–Crippen LogP) is 0.796. The van der Waals surface area contributed by atoms with E-state index in [-0.39, 0.29) is 30.6 Å². The van der Waals surface area contributed by atoms with E-state index < -0.39 is 0 Å². The number of aryl methyl sites for hydroxylation is 1. The number of hydrogen-bond donors (Lipinski definition) is 1. The van der Waals surface area contributed by atoms with E-state index in [9.17, 15) is 14.4 Å². The number of nitrogens with one attached hydrogen (secondary N) is 1. The van der Waals surface area contributed by atoms with Crippen molar-refractivity contribution in [2.75, 3.05) is 59.0 Å². The van der Waals surface area contributed by atoms with Crippen molar-refractivity contribution in [2.24, 2.45) is 13.0 Å². The third kappa shape index (κ3) is 6.61. The first-order valence-electron chi connectivity index (χ1n) is 13.1. The molecule has 194 valence electrons. The number of aromatic nitrogens is 2. The first-order valence-corrected chi connectivity index (χ1v) is 13.1. The second-order valence-corrected chi connectivity index (χ2v) is 10.1. The van der Waals surface area contributed by atoms with Gasteiger partial charge in [0.2, 0.25) is 11.8 Å². The number of piperidine rings is 1. The van der Waals surface area contributed by atoms with E-state index in [0.29, 0.717) is 58.1 Å². The molecule has 3 aliphatic rings. The molecule has 10 heteroatoms. The topological polar surface area (TPSA) is 100 Å². The van der Waals surface area contributed by atoms with Crippen LogP contribution in [0.4, 0.5) is 0 Å². The van der Waals surface area contributed by atoms with Crippen molar-refractivity contribution in [1.29, 1.82) is 0 Å². The lowest BCUT2D eigenvalue weighted by molar-refractivity contribution is -0.134. The van der Waals surface area contributed by atoms with Crippen molar-refractivity contribution in [3.63, 3.8) is 0 Å². The number of morpholine rings is 1. The highest BCUT2D eigenvalue weighted by atomic mass is 16.5. The second-order valence-electron chi connectivity index (χ2n) is 10.1. The zero-order valence-electron chi connectivity index (χ0n) is 21.3. The number of hydrogen-bond acceptors (Lipinski definition) is 6. The molecule has 0 unspecified atom stereocenters. The Morgan fingerprint density at radius 1 is 1.09 bits per heavy atom. The molecule has 2 fully saturated rings. The number of amides is 3. The van der Waals surface area contributed by atoms with E-state index >= 15 is 0 Å². The molecule has 0 aromatic carbocycles. The lowest BCUT2D eigenvalue weighted by Crippen LogP contribution is -2.42. The van der Waals surface area contributed by atoms with E-state index in [2.05, 4.69) is 22.2 Å². The van der Waals surface area contributed by atoms with Crippen LogP contribution in [-0.4, -0.2) is 101 Å². The van der Waals surface area contributed by atoms with Gasteiger partial charge < -0.3 is 24.8 Å². The minimum absolute atomic E-state index is 0.0540. The van der Waals surface area contributed by atoms with Crippen molar-refractivity contribution in [3.8, 4) is 0 Å². The molecule has 10 nitrogen and oxygen atoms in total. The largest absolute Gasteiger partial charge is 0.378 e. The van der Waals surface area contributed by atoms with Crippen molar-refractivity contribution < 1.29 is 19.1 Å². The van der Waals surface area contributed by atoms with Gasteiger partial charge in [-0.25, -0.2) is 0 Å². The highest BCUT2D eigenvalue weighted by Gasteiger charge is 2.31. The number of nitrogens with zero attached hydrogens (tertiary/aromatic N) is 5. The summed E-state index contributed by atoms with van der Waals surface area (Å²) in [6.07, 6.45) is 4.53. The average molecular weight is 489 g/mol. The van der Waals surface area contributed by atoms with Crippen molar-refractivity contribution in [3.05, 3.63) is 17.0 Å². The zero-order valence-corrected chi connectivity index (χ0v) is 21.3. The molecule has 1 atom stereocenters. The SMILES string of the molecule is C[C@@H]1CCCN(CCCNC(=O)CCC(=O)N2CCc3c(c(C(=O)N4CCOCC4)nn3C)C2)C1. The minimum atomic E-state index is -0.0992. The Labute approximate surface area is 207 Å². The van der Waals surface area contributed by atoms with E-state index in [1.54, 1.807) is 14.5 Å². The molecular weight excluding hydrogens is 448 g/mol. The van der Waals surface area contributed by atoms with Gasteiger partial charge in [-0.3, -0.25) is 19.1 Å². The van der Waals surface area contributed by atoms with Gasteiger partial charge in [-0.1, -0.05) is 6.92 Å². The predicted molar refractivity (Wildman–Crippen MR) is 131 cm³/mol. The summed E-state index contributed by atoms with van der Waals surface area (Å²) in [5.41, 5.74) is 2.27. The van der Waals surface area contributed by atoms with Crippen molar-refractivity contribution in [2.45, 2.75) is 52.0 Å². The van der Waals surface area contributed by atoms with Gasteiger partial charge in [0.25, 0.3) is 5.91 Å². The molecule has 35 heavy (non-hydrogen) atoms. The maximum Gasteiger partial charge on any atom is 0.274 e. The Bertz CT molecular complexity index is 910. The van der Waals surface area contributed by atoms with Crippen LogP contribution in [0.25, 0.3) is 0 Å². The summed E-state index contributed by atoms with van der Waals surface area (Å²) in [6, 6.07) is 0. The molecule has 0 aliphatic carbocycles. The zero-order chi connectivity index (χ0) is 24.8. The van der Waals surface area contributed by atoms with Gasteiger partial charge >= 0.3 is 0 Å². The standard InChI is InChI=1S/C25H40N6O4/c1-19-5-3-10-29(17-19)11-4-9-26-22(32)6-7-23(33)31-12-8-21-20(18-31)24(27-28(21)2)25(34)30-13-15-35-16-14-30/h19H,3-18H2,1-2H3,(H,26,32)/t19-/m1/s1. The van der Waals surface area contributed by atoms with Crippen LogP contribution in [0.15, 0.2) is 0 Å². The monoisotopic (exact) mass is 488 g/mol. The molecule has 1 aromatic rings. The summed E-state index contributed by atoms with van der Waals surface area (Å²) in [4.78, 5) is 44.2. The molecule has 3 aliphatic heterocycles. The number of carbonyl (C=O) groups excluding carboxylic acids is 3. The van der Waals surface area contributed by atoms with Crippen molar-refractivity contribution in [1.82, 2.24) is 29.8 Å². The van der Waals surface area contributed by atoms with Gasteiger partial charge in [0.05, 0.1) is 13.2 Å². The quantitative estimate of drug-likeness (QED) is 0.544. The summed E-state index contributed by atoms with van der Waals surface area (Å²) in [5, 5.41) is 7.46.